The van der Waals surface area contributed by atoms with Crippen molar-refractivity contribution in [2.75, 3.05) is 18.4 Å². The lowest BCUT2D eigenvalue weighted by Gasteiger charge is -2.46. The lowest BCUT2D eigenvalue weighted by Crippen LogP contribution is -3.00. The number of amides is 1. The Morgan fingerprint density at radius 2 is 1.59 bits per heavy atom. The van der Waals surface area contributed by atoms with E-state index in [-0.39, 0.29) is 28.9 Å². The van der Waals surface area contributed by atoms with Crippen LogP contribution in [0.3, 0.4) is 0 Å². The number of likely N-dealkylation sites (tertiary alicyclic amines) is 1. The van der Waals surface area contributed by atoms with Gasteiger partial charge in [0.1, 0.15) is 6.54 Å². The molecule has 0 aromatic heterocycles. The molecule has 3 rings (SSSR count). The van der Waals surface area contributed by atoms with Gasteiger partial charge in [-0.2, -0.15) is 0 Å². The van der Waals surface area contributed by atoms with Crippen molar-refractivity contribution >= 4 is 11.6 Å². The molecule has 0 radical (unpaired) electrons. The van der Waals surface area contributed by atoms with E-state index in [4.69, 9.17) is 0 Å². The molecule has 1 heterocycles. The van der Waals surface area contributed by atoms with E-state index >= 15 is 0 Å². The zero-order valence-electron chi connectivity index (χ0n) is 18.3. The van der Waals surface area contributed by atoms with E-state index in [1.165, 1.54) is 30.4 Å². The minimum atomic E-state index is -0.0133. The van der Waals surface area contributed by atoms with Crippen LogP contribution in [0, 0.1) is 20.8 Å². The van der Waals surface area contributed by atoms with Gasteiger partial charge in [-0.1, -0.05) is 55.0 Å². The van der Waals surface area contributed by atoms with Gasteiger partial charge >= 0.3 is 0 Å². The van der Waals surface area contributed by atoms with E-state index < -0.39 is 0 Å². The molecule has 1 fully saturated rings. The Balaban J connectivity index is 0.00000300. The number of halogens is 1. The average Bonchev–Trinajstić information content (AvgIpc) is 2.66. The zero-order valence-corrected chi connectivity index (χ0v) is 19.9. The number of nitrogens with one attached hydrogen (secondary N) is 1. The number of anilines is 1. The number of hydrogen-bond acceptors (Lipinski definition) is 1. The van der Waals surface area contributed by atoms with Crippen LogP contribution >= 0.6 is 0 Å². The monoisotopic (exact) mass is 458 g/mol. The first-order valence-corrected chi connectivity index (χ1v) is 10.7. The van der Waals surface area contributed by atoms with Crippen LogP contribution in [-0.2, 0) is 11.3 Å². The fourth-order valence-corrected chi connectivity index (χ4v) is 5.07. The highest BCUT2D eigenvalue weighted by molar-refractivity contribution is 5.95. The third-order valence-electron chi connectivity index (χ3n) is 6.32. The van der Waals surface area contributed by atoms with Crippen LogP contribution in [0.15, 0.2) is 42.5 Å². The number of rotatable bonds is 6. The summed E-state index contributed by atoms with van der Waals surface area (Å²) in [5, 5.41) is 3.31. The molecule has 3 nitrogen and oxygen atoms in total. The number of carbonyl (C=O) groups excluding carboxylic acids is 1. The molecule has 1 aliphatic heterocycles. The smallest absolute Gasteiger partial charge is 0.282 e. The Bertz CT molecular complexity index is 790. The molecule has 1 amide bonds. The molecule has 1 atom stereocenters. The third-order valence-corrected chi connectivity index (χ3v) is 6.32. The molecule has 2 aromatic rings. The summed E-state index contributed by atoms with van der Waals surface area (Å²) >= 11 is 0. The third kappa shape index (κ3) is 5.49. The Kier molecular flexibility index (Phi) is 8.47. The Morgan fingerprint density at radius 3 is 2.14 bits per heavy atom. The first-order valence-electron chi connectivity index (χ1n) is 10.7. The fourth-order valence-electron chi connectivity index (χ4n) is 5.07. The van der Waals surface area contributed by atoms with E-state index in [2.05, 4.69) is 75.5 Å². The highest BCUT2D eigenvalue weighted by Gasteiger charge is 2.42. The van der Waals surface area contributed by atoms with Gasteiger partial charge in [-0.05, 0) is 51.2 Å². The Labute approximate surface area is 186 Å². The van der Waals surface area contributed by atoms with Gasteiger partial charge in [-0.3, -0.25) is 4.79 Å². The van der Waals surface area contributed by atoms with Crippen molar-refractivity contribution in [1.29, 1.82) is 0 Å². The molecular formula is C25H35BrN2O. The maximum Gasteiger partial charge on any atom is 0.282 e. The second kappa shape index (κ2) is 10.4. The van der Waals surface area contributed by atoms with Gasteiger partial charge in [0.25, 0.3) is 5.91 Å². The molecule has 0 spiro atoms. The fraction of sp³-hybridized carbons (Fsp3) is 0.480. The Hall–Kier alpha value is -1.65. The van der Waals surface area contributed by atoms with E-state index in [1.54, 1.807) is 0 Å². The van der Waals surface area contributed by atoms with Crippen LogP contribution in [0.4, 0.5) is 5.69 Å². The van der Waals surface area contributed by atoms with Crippen molar-refractivity contribution in [2.45, 2.75) is 66.0 Å². The topological polar surface area (TPSA) is 29.1 Å². The second-order valence-electron chi connectivity index (χ2n) is 8.56. The van der Waals surface area contributed by atoms with E-state index in [0.717, 1.165) is 47.4 Å². The molecule has 4 heteroatoms. The number of aryl methyl sites for hydroxylation is 3. The SMILES string of the molecule is CCC(C(=O)Nc1c(C)cc(C)cc1C)[N+]1(Cc2ccccc2)CCCCC1.[Br-]. The number of nitrogens with zero attached hydrogens (tertiary/aromatic N) is 1. The lowest BCUT2D eigenvalue weighted by atomic mass is 9.98. The van der Waals surface area contributed by atoms with E-state index in [1.807, 2.05) is 0 Å². The maximum atomic E-state index is 13.5. The quantitative estimate of drug-likeness (QED) is 0.662. The molecule has 1 unspecified atom stereocenters. The zero-order chi connectivity index (χ0) is 20.1. The van der Waals surface area contributed by atoms with Crippen LogP contribution in [0.2, 0.25) is 0 Å². The lowest BCUT2D eigenvalue weighted by molar-refractivity contribution is -0.959. The minimum Gasteiger partial charge on any atom is -1.00 e. The summed E-state index contributed by atoms with van der Waals surface area (Å²) in [7, 11) is 0. The summed E-state index contributed by atoms with van der Waals surface area (Å²) in [6, 6.07) is 15.0. The Morgan fingerprint density at radius 1 is 1.00 bits per heavy atom. The van der Waals surface area contributed by atoms with Gasteiger partial charge in [0.05, 0.1) is 13.1 Å². The van der Waals surface area contributed by atoms with Gasteiger partial charge in [0.15, 0.2) is 6.04 Å². The summed E-state index contributed by atoms with van der Waals surface area (Å²) in [6.45, 7) is 11.6. The number of quaternary nitrogens is 1. The summed E-state index contributed by atoms with van der Waals surface area (Å²) in [5.74, 6) is 0.176. The van der Waals surface area contributed by atoms with Crippen molar-refractivity contribution in [2.24, 2.45) is 0 Å². The minimum absolute atomic E-state index is 0. The van der Waals surface area contributed by atoms with Crippen molar-refractivity contribution in [3.05, 3.63) is 64.7 Å². The van der Waals surface area contributed by atoms with Gasteiger partial charge in [0, 0.05) is 17.7 Å². The van der Waals surface area contributed by atoms with Gasteiger partial charge in [-0.25, -0.2) is 0 Å². The van der Waals surface area contributed by atoms with Crippen molar-refractivity contribution in [1.82, 2.24) is 0 Å². The largest absolute Gasteiger partial charge is 1.00 e. The van der Waals surface area contributed by atoms with Crippen LogP contribution in [-0.4, -0.2) is 29.5 Å². The molecule has 2 aromatic carbocycles. The maximum absolute atomic E-state index is 13.5. The first-order chi connectivity index (χ1) is 13.4. The molecule has 0 saturated carbocycles. The predicted molar refractivity (Wildman–Crippen MR) is 117 cm³/mol. The highest BCUT2D eigenvalue weighted by atomic mass is 79.9. The predicted octanol–water partition coefficient (Wildman–Crippen LogP) is 2.53. The number of benzene rings is 2. The molecule has 29 heavy (non-hydrogen) atoms. The van der Waals surface area contributed by atoms with Gasteiger partial charge in [-0.15, -0.1) is 0 Å². The van der Waals surface area contributed by atoms with Crippen LogP contribution < -0.4 is 22.3 Å². The van der Waals surface area contributed by atoms with Crippen molar-refractivity contribution < 1.29 is 26.3 Å². The van der Waals surface area contributed by atoms with Crippen LogP contribution in [0.1, 0.15) is 54.9 Å². The molecule has 0 aliphatic carbocycles. The summed E-state index contributed by atoms with van der Waals surface area (Å²) < 4.78 is 0.885. The summed E-state index contributed by atoms with van der Waals surface area (Å²) in [4.78, 5) is 13.5. The van der Waals surface area contributed by atoms with E-state index in [9.17, 15) is 4.79 Å². The molecule has 158 valence electrons. The number of hydrogen-bond donors (Lipinski definition) is 1. The van der Waals surface area contributed by atoms with Crippen LogP contribution in [0.5, 0.6) is 0 Å². The van der Waals surface area contributed by atoms with E-state index in [0.29, 0.717) is 0 Å². The second-order valence-corrected chi connectivity index (χ2v) is 8.56. The molecule has 1 N–H and O–H groups in total. The number of piperidine rings is 1. The summed E-state index contributed by atoms with van der Waals surface area (Å²) in [6.07, 6.45) is 4.56. The molecule has 0 bridgehead atoms. The van der Waals surface area contributed by atoms with Crippen molar-refractivity contribution in [3.8, 4) is 0 Å². The van der Waals surface area contributed by atoms with Gasteiger partial charge in [0.2, 0.25) is 0 Å². The standard InChI is InChI=1S/C25H34N2O.BrH/c1-5-23(25(28)26-24-20(3)16-19(2)17-21(24)4)27(14-10-7-11-15-27)18-22-12-8-6-9-13-22;/h6,8-9,12-13,16-17,23H,5,7,10-11,14-15,18H2,1-4H3;1H. The molecule has 1 aliphatic rings. The highest BCUT2D eigenvalue weighted by Crippen LogP contribution is 2.30. The summed E-state index contributed by atoms with van der Waals surface area (Å²) in [5.41, 5.74) is 5.86. The molecule has 1 saturated heterocycles. The average molecular weight is 459 g/mol. The van der Waals surface area contributed by atoms with Crippen LogP contribution in [0.25, 0.3) is 0 Å². The first kappa shape index (κ1) is 23.6. The van der Waals surface area contributed by atoms with Crippen molar-refractivity contribution in [3.63, 3.8) is 0 Å². The normalized spacial score (nSPS) is 16.6. The number of carbonyl (C=O) groups is 1. The van der Waals surface area contributed by atoms with Gasteiger partial charge < -0.3 is 26.8 Å². The molecular weight excluding hydrogens is 424 g/mol.